The average molecular weight is 454 g/mol. The predicted octanol–water partition coefficient (Wildman–Crippen LogP) is 4.44. The van der Waals surface area contributed by atoms with Gasteiger partial charge in [-0.05, 0) is 48.5 Å². The Morgan fingerprint density at radius 1 is 0.588 bits per heavy atom. The zero-order valence-electron chi connectivity index (χ0n) is 18.2. The van der Waals surface area contributed by atoms with Gasteiger partial charge in [0, 0.05) is 12.4 Å². The van der Waals surface area contributed by atoms with Gasteiger partial charge in [0.1, 0.15) is 36.1 Å². The first kappa shape index (κ1) is 22.5. The maximum absolute atomic E-state index is 12.4. The third kappa shape index (κ3) is 5.95. The Balaban J connectivity index is 1.33. The highest BCUT2D eigenvalue weighted by atomic mass is 16.5. The van der Waals surface area contributed by atoms with E-state index in [4.69, 9.17) is 9.47 Å². The Labute approximate surface area is 196 Å². The Morgan fingerprint density at radius 2 is 1.00 bits per heavy atom. The molecule has 2 N–H and O–H groups in total. The molecule has 34 heavy (non-hydrogen) atoms. The summed E-state index contributed by atoms with van der Waals surface area (Å²) in [5, 5.41) is 5.62. The summed E-state index contributed by atoms with van der Waals surface area (Å²) >= 11 is 0. The zero-order chi connectivity index (χ0) is 23.6. The summed E-state index contributed by atoms with van der Waals surface area (Å²) in [6.45, 7) is 0.442. The van der Waals surface area contributed by atoms with E-state index in [0.29, 0.717) is 34.3 Å². The number of para-hydroxylation sites is 4. The van der Waals surface area contributed by atoms with E-state index in [9.17, 15) is 9.59 Å². The van der Waals surface area contributed by atoms with Gasteiger partial charge in [-0.25, -0.2) is 0 Å². The van der Waals surface area contributed by atoms with Crippen LogP contribution >= 0.6 is 0 Å². The molecule has 0 aliphatic heterocycles. The van der Waals surface area contributed by atoms with Gasteiger partial charge < -0.3 is 20.1 Å². The topological polar surface area (TPSA) is 102 Å². The van der Waals surface area contributed by atoms with Gasteiger partial charge in [-0.1, -0.05) is 36.4 Å². The van der Waals surface area contributed by atoms with Crippen molar-refractivity contribution in [1.29, 1.82) is 0 Å². The molecule has 2 amide bonds. The Bertz CT molecular complexity index is 1150. The second-order valence-electron chi connectivity index (χ2n) is 7.03. The fourth-order valence-electron chi connectivity index (χ4n) is 3.06. The van der Waals surface area contributed by atoms with Crippen molar-refractivity contribution in [3.63, 3.8) is 0 Å². The Kier molecular flexibility index (Phi) is 7.43. The summed E-state index contributed by atoms with van der Waals surface area (Å²) in [4.78, 5) is 32.9. The monoisotopic (exact) mass is 454 g/mol. The van der Waals surface area contributed by atoms with E-state index < -0.39 is 0 Å². The fourth-order valence-corrected chi connectivity index (χ4v) is 3.06. The molecule has 0 radical (unpaired) electrons. The van der Waals surface area contributed by atoms with E-state index in [0.717, 1.165) is 0 Å². The van der Waals surface area contributed by atoms with Crippen LogP contribution in [0.3, 0.4) is 0 Å². The van der Waals surface area contributed by atoms with E-state index >= 15 is 0 Å². The summed E-state index contributed by atoms with van der Waals surface area (Å²) in [5.41, 5.74) is 1.68. The second kappa shape index (κ2) is 11.2. The molecule has 0 aliphatic rings. The largest absolute Gasteiger partial charge is 0.488 e. The summed E-state index contributed by atoms with van der Waals surface area (Å²) in [7, 11) is 0. The van der Waals surface area contributed by atoms with Crippen LogP contribution in [0, 0.1) is 0 Å². The molecule has 0 atom stereocenters. The lowest BCUT2D eigenvalue weighted by molar-refractivity contribution is 0.101. The van der Waals surface area contributed by atoms with Gasteiger partial charge in [0.15, 0.2) is 0 Å². The smallest absolute Gasteiger partial charge is 0.274 e. The van der Waals surface area contributed by atoms with Crippen LogP contribution < -0.4 is 20.1 Å². The number of rotatable bonds is 9. The molecular weight excluding hydrogens is 432 g/mol. The van der Waals surface area contributed by atoms with Crippen molar-refractivity contribution >= 4 is 23.2 Å². The average Bonchev–Trinajstić information content (AvgIpc) is 2.89. The van der Waals surface area contributed by atoms with Crippen LogP contribution in [0.4, 0.5) is 11.4 Å². The highest BCUT2D eigenvalue weighted by Crippen LogP contribution is 2.26. The molecule has 0 fully saturated rings. The molecule has 0 aliphatic carbocycles. The molecule has 0 spiro atoms. The summed E-state index contributed by atoms with van der Waals surface area (Å²) < 4.78 is 11.7. The quantitative estimate of drug-likeness (QED) is 0.363. The van der Waals surface area contributed by atoms with Crippen LogP contribution in [-0.4, -0.2) is 35.0 Å². The molecule has 0 saturated carbocycles. The van der Waals surface area contributed by atoms with Gasteiger partial charge >= 0.3 is 0 Å². The van der Waals surface area contributed by atoms with Gasteiger partial charge in [-0.15, -0.1) is 0 Å². The molecule has 4 rings (SSSR count). The van der Waals surface area contributed by atoms with Gasteiger partial charge in [0.25, 0.3) is 11.8 Å². The van der Waals surface area contributed by atoms with Crippen LogP contribution in [0.1, 0.15) is 21.0 Å². The molecule has 2 aromatic carbocycles. The zero-order valence-corrected chi connectivity index (χ0v) is 18.2. The number of anilines is 2. The fraction of sp³-hybridized carbons (Fsp3) is 0.0769. The van der Waals surface area contributed by atoms with Crippen molar-refractivity contribution in [3.8, 4) is 11.5 Å². The van der Waals surface area contributed by atoms with E-state index in [1.165, 1.54) is 0 Å². The summed E-state index contributed by atoms with van der Waals surface area (Å²) in [5.74, 6) is 0.357. The minimum Gasteiger partial charge on any atom is -0.488 e. The first-order chi connectivity index (χ1) is 16.7. The molecule has 4 aromatic rings. The van der Waals surface area contributed by atoms with E-state index in [1.807, 2.05) is 12.1 Å². The maximum Gasteiger partial charge on any atom is 0.274 e. The number of aromatic nitrogens is 2. The number of nitrogens with zero attached hydrogens (tertiary/aromatic N) is 2. The molecule has 2 heterocycles. The third-order valence-electron chi connectivity index (χ3n) is 4.66. The van der Waals surface area contributed by atoms with Gasteiger partial charge in [-0.3, -0.25) is 19.6 Å². The summed E-state index contributed by atoms with van der Waals surface area (Å²) in [6.07, 6.45) is 3.12. The van der Waals surface area contributed by atoms with Crippen LogP contribution in [0.5, 0.6) is 11.5 Å². The van der Waals surface area contributed by atoms with Crippen LogP contribution in [0.2, 0.25) is 0 Å². The highest BCUT2D eigenvalue weighted by molar-refractivity contribution is 6.04. The predicted molar refractivity (Wildman–Crippen MR) is 128 cm³/mol. The lowest BCUT2D eigenvalue weighted by atomic mass is 10.2. The van der Waals surface area contributed by atoms with E-state index in [2.05, 4.69) is 20.6 Å². The molecule has 0 unspecified atom stereocenters. The number of carbonyl (C=O) groups excluding carboxylic acids is 2. The Morgan fingerprint density at radius 3 is 1.41 bits per heavy atom. The first-order valence-corrected chi connectivity index (χ1v) is 10.6. The number of hydrogen-bond donors (Lipinski definition) is 2. The van der Waals surface area contributed by atoms with Gasteiger partial charge in [0.05, 0.1) is 11.4 Å². The molecule has 8 heteroatoms. The van der Waals surface area contributed by atoms with Crippen LogP contribution in [-0.2, 0) is 0 Å². The van der Waals surface area contributed by atoms with Crippen molar-refractivity contribution < 1.29 is 19.1 Å². The Hall–Kier alpha value is -4.72. The van der Waals surface area contributed by atoms with E-state index in [-0.39, 0.29) is 25.0 Å². The van der Waals surface area contributed by atoms with Gasteiger partial charge in [0.2, 0.25) is 0 Å². The normalized spacial score (nSPS) is 10.2. The van der Waals surface area contributed by atoms with Crippen LogP contribution in [0.15, 0.2) is 97.3 Å². The number of pyridine rings is 2. The molecule has 170 valence electrons. The maximum atomic E-state index is 12.4. The lowest BCUT2D eigenvalue weighted by Crippen LogP contribution is -2.16. The summed E-state index contributed by atoms with van der Waals surface area (Å²) in [6, 6.07) is 24.5. The SMILES string of the molecule is O=C(Nc1ccccc1OCCOc1ccccc1NC(=O)c1ccccn1)c1ccccn1. The number of hydrogen-bond acceptors (Lipinski definition) is 6. The van der Waals surface area contributed by atoms with Gasteiger partial charge in [-0.2, -0.15) is 0 Å². The minimum absolute atomic E-state index is 0.221. The number of nitrogens with one attached hydrogen (secondary N) is 2. The van der Waals surface area contributed by atoms with Crippen molar-refractivity contribution in [2.45, 2.75) is 0 Å². The second-order valence-corrected chi connectivity index (χ2v) is 7.03. The van der Waals surface area contributed by atoms with E-state index in [1.54, 1.807) is 85.2 Å². The first-order valence-electron chi connectivity index (χ1n) is 10.6. The number of carbonyl (C=O) groups is 2. The number of benzene rings is 2. The molecular formula is C26H22N4O4. The van der Waals surface area contributed by atoms with Crippen molar-refractivity contribution in [3.05, 3.63) is 109 Å². The molecule has 8 nitrogen and oxygen atoms in total. The third-order valence-corrected chi connectivity index (χ3v) is 4.66. The van der Waals surface area contributed by atoms with Crippen LogP contribution in [0.25, 0.3) is 0 Å². The lowest BCUT2D eigenvalue weighted by Gasteiger charge is -2.14. The minimum atomic E-state index is -0.328. The number of ether oxygens (including phenoxy) is 2. The van der Waals surface area contributed by atoms with Crippen molar-refractivity contribution in [2.75, 3.05) is 23.8 Å². The molecule has 0 bridgehead atoms. The highest BCUT2D eigenvalue weighted by Gasteiger charge is 2.12. The molecule has 0 saturated heterocycles. The number of amides is 2. The van der Waals surface area contributed by atoms with Crippen molar-refractivity contribution in [1.82, 2.24) is 9.97 Å². The standard InChI is InChI=1S/C26H22N4O4/c31-25(21-11-5-7-15-27-21)29-19-9-1-3-13-23(19)33-17-18-34-24-14-4-2-10-20(24)30-26(32)22-12-6-8-16-28-22/h1-16H,17-18H2,(H,29,31)(H,30,32). The molecule has 2 aromatic heterocycles. The van der Waals surface area contributed by atoms with Crippen molar-refractivity contribution in [2.24, 2.45) is 0 Å².